The van der Waals surface area contributed by atoms with Gasteiger partial charge in [-0.15, -0.1) is 0 Å². The third-order valence-corrected chi connectivity index (χ3v) is 4.97. The van der Waals surface area contributed by atoms with Gasteiger partial charge in [0.25, 0.3) is 0 Å². The van der Waals surface area contributed by atoms with Crippen LogP contribution in [-0.2, 0) is 4.79 Å². The van der Waals surface area contributed by atoms with Gasteiger partial charge < -0.3 is 10.2 Å². The van der Waals surface area contributed by atoms with Crippen LogP contribution in [-0.4, -0.2) is 60.5 Å². The Kier molecular flexibility index (Phi) is 4.38. The van der Waals surface area contributed by atoms with Gasteiger partial charge in [0.2, 0.25) is 5.91 Å². The lowest BCUT2D eigenvalue weighted by molar-refractivity contribution is -0.136. The van der Waals surface area contributed by atoms with E-state index < -0.39 is 0 Å². The van der Waals surface area contributed by atoms with Crippen molar-refractivity contribution < 1.29 is 4.79 Å². The number of nitrogens with zero attached hydrogens (tertiary/aromatic N) is 2. The molecule has 0 saturated carbocycles. The van der Waals surface area contributed by atoms with Crippen molar-refractivity contribution in [2.75, 3.05) is 32.7 Å². The van der Waals surface area contributed by atoms with Crippen LogP contribution in [0.3, 0.4) is 0 Å². The Morgan fingerprint density at radius 1 is 0.947 bits per heavy atom. The van der Waals surface area contributed by atoms with E-state index in [1.807, 2.05) is 0 Å². The molecule has 0 aromatic carbocycles. The molecule has 3 heterocycles. The molecule has 19 heavy (non-hydrogen) atoms. The molecule has 3 rings (SSSR count). The zero-order valence-electron chi connectivity index (χ0n) is 11.9. The fourth-order valence-corrected chi connectivity index (χ4v) is 3.84. The van der Waals surface area contributed by atoms with Crippen molar-refractivity contribution in [3.8, 4) is 0 Å². The van der Waals surface area contributed by atoms with E-state index in [1.165, 1.54) is 51.6 Å². The van der Waals surface area contributed by atoms with Gasteiger partial charge in [0.15, 0.2) is 0 Å². The second-order valence-electron chi connectivity index (χ2n) is 6.33. The predicted molar refractivity (Wildman–Crippen MR) is 76.1 cm³/mol. The van der Waals surface area contributed by atoms with Crippen molar-refractivity contribution in [3.05, 3.63) is 0 Å². The van der Waals surface area contributed by atoms with Gasteiger partial charge in [-0.1, -0.05) is 6.42 Å². The van der Waals surface area contributed by atoms with Gasteiger partial charge in [0, 0.05) is 19.1 Å². The Hall–Kier alpha value is -0.610. The summed E-state index contributed by atoms with van der Waals surface area (Å²) in [4.78, 5) is 17.3. The van der Waals surface area contributed by atoms with Crippen molar-refractivity contribution in [1.29, 1.82) is 0 Å². The Morgan fingerprint density at radius 2 is 1.79 bits per heavy atom. The van der Waals surface area contributed by atoms with E-state index in [-0.39, 0.29) is 6.04 Å². The average molecular weight is 265 g/mol. The number of hydrogen-bond donors (Lipinski definition) is 1. The van der Waals surface area contributed by atoms with E-state index >= 15 is 0 Å². The van der Waals surface area contributed by atoms with Gasteiger partial charge >= 0.3 is 0 Å². The lowest BCUT2D eigenvalue weighted by Crippen LogP contribution is -2.54. The smallest absolute Gasteiger partial charge is 0.239 e. The van der Waals surface area contributed by atoms with Crippen LogP contribution in [0, 0.1) is 0 Å². The molecule has 3 aliphatic rings. The van der Waals surface area contributed by atoms with E-state index in [0.717, 1.165) is 26.1 Å². The molecule has 0 aromatic rings. The number of piperidine rings is 2. The van der Waals surface area contributed by atoms with Crippen molar-refractivity contribution >= 4 is 5.91 Å². The van der Waals surface area contributed by atoms with Gasteiger partial charge in [0.05, 0.1) is 6.04 Å². The standard InChI is InChI=1S/C15H27N3O/c19-15(14-7-1-2-8-16-14)18-11-5-6-13(12-18)17-9-3-4-10-17/h13-14,16H,1-12H2/t13?,14-/m1/s1. The molecule has 4 heteroatoms. The van der Waals surface area contributed by atoms with Gasteiger partial charge in [-0.3, -0.25) is 9.69 Å². The van der Waals surface area contributed by atoms with Gasteiger partial charge in [-0.05, 0) is 58.2 Å². The molecular weight excluding hydrogens is 238 g/mol. The highest BCUT2D eigenvalue weighted by Crippen LogP contribution is 2.21. The van der Waals surface area contributed by atoms with E-state index in [4.69, 9.17) is 0 Å². The summed E-state index contributed by atoms with van der Waals surface area (Å²) in [6.45, 7) is 5.45. The third-order valence-electron chi connectivity index (χ3n) is 4.97. The van der Waals surface area contributed by atoms with Crippen molar-refractivity contribution in [2.24, 2.45) is 0 Å². The first-order valence-corrected chi connectivity index (χ1v) is 8.11. The zero-order chi connectivity index (χ0) is 13.1. The lowest BCUT2D eigenvalue weighted by Gasteiger charge is -2.39. The molecule has 1 N–H and O–H groups in total. The number of carbonyl (C=O) groups excluding carboxylic acids is 1. The number of likely N-dealkylation sites (tertiary alicyclic amines) is 2. The molecule has 1 unspecified atom stereocenters. The van der Waals surface area contributed by atoms with E-state index in [2.05, 4.69) is 15.1 Å². The van der Waals surface area contributed by atoms with Crippen LogP contribution in [0.4, 0.5) is 0 Å². The molecule has 3 aliphatic heterocycles. The average Bonchev–Trinajstić information content (AvgIpc) is 3.02. The van der Waals surface area contributed by atoms with Crippen LogP contribution < -0.4 is 5.32 Å². The molecule has 4 nitrogen and oxygen atoms in total. The second kappa shape index (κ2) is 6.23. The number of amides is 1. The molecule has 0 aliphatic carbocycles. The lowest BCUT2D eigenvalue weighted by atomic mass is 10.00. The van der Waals surface area contributed by atoms with Crippen LogP contribution in [0.5, 0.6) is 0 Å². The molecule has 0 aromatic heterocycles. The largest absolute Gasteiger partial charge is 0.340 e. The van der Waals surface area contributed by atoms with Crippen molar-refractivity contribution in [1.82, 2.24) is 15.1 Å². The summed E-state index contributed by atoms with van der Waals surface area (Å²) in [5.74, 6) is 0.364. The highest BCUT2D eigenvalue weighted by atomic mass is 16.2. The van der Waals surface area contributed by atoms with Crippen molar-refractivity contribution in [3.63, 3.8) is 0 Å². The third kappa shape index (κ3) is 3.11. The Morgan fingerprint density at radius 3 is 2.53 bits per heavy atom. The molecule has 0 radical (unpaired) electrons. The molecule has 108 valence electrons. The molecule has 3 fully saturated rings. The van der Waals surface area contributed by atoms with Crippen LogP contribution in [0.25, 0.3) is 0 Å². The summed E-state index contributed by atoms with van der Waals surface area (Å²) in [5.41, 5.74) is 0. The minimum absolute atomic E-state index is 0.103. The fourth-order valence-electron chi connectivity index (χ4n) is 3.84. The molecule has 0 spiro atoms. The quantitative estimate of drug-likeness (QED) is 0.815. The summed E-state index contributed by atoms with van der Waals surface area (Å²) < 4.78 is 0. The maximum absolute atomic E-state index is 12.6. The summed E-state index contributed by atoms with van der Waals surface area (Å²) >= 11 is 0. The Balaban J connectivity index is 1.56. The molecule has 1 amide bonds. The number of nitrogens with one attached hydrogen (secondary N) is 1. The van der Waals surface area contributed by atoms with Gasteiger partial charge in [-0.2, -0.15) is 0 Å². The number of carbonyl (C=O) groups is 1. The maximum Gasteiger partial charge on any atom is 0.239 e. The fraction of sp³-hybridized carbons (Fsp3) is 0.933. The first-order chi connectivity index (χ1) is 9.34. The van der Waals surface area contributed by atoms with E-state index in [9.17, 15) is 4.79 Å². The highest BCUT2D eigenvalue weighted by Gasteiger charge is 2.32. The zero-order valence-corrected chi connectivity index (χ0v) is 11.9. The summed E-state index contributed by atoms with van der Waals surface area (Å²) in [6, 6.07) is 0.731. The molecular formula is C15H27N3O. The predicted octanol–water partition coefficient (Wildman–Crippen LogP) is 1.22. The normalized spacial score (nSPS) is 33.6. The summed E-state index contributed by atoms with van der Waals surface area (Å²) in [5, 5.41) is 3.40. The minimum Gasteiger partial charge on any atom is -0.340 e. The summed E-state index contributed by atoms with van der Waals surface area (Å²) in [6.07, 6.45) is 8.60. The SMILES string of the molecule is O=C([C@H]1CCCCN1)N1CCCC(N2CCCC2)C1. The molecule has 2 atom stereocenters. The van der Waals surface area contributed by atoms with Crippen LogP contribution in [0.15, 0.2) is 0 Å². The van der Waals surface area contributed by atoms with E-state index in [1.54, 1.807) is 0 Å². The Bertz CT molecular complexity index is 309. The Labute approximate surface area is 116 Å². The van der Waals surface area contributed by atoms with Gasteiger partial charge in [-0.25, -0.2) is 0 Å². The highest BCUT2D eigenvalue weighted by molar-refractivity contribution is 5.82. The first kappa shape index (κ1) is 13.4. The topological polar surface area (TPSA) is 35.6 Å². The van der Waals surface area contributed by atoms with Crippen LogP contribution in [0.1, 0.15) is 44.9 Å². The summed E-state index contributed by atoms with van der Waals surface area (Å²) in [7, 11) is 0. The van der Waals surface area contributed by atoms with E-state index in [0.29, 0.717) is 11.9 Å². The number of rotatable bonds is 2. The molecule has 0 bridgehead atoms. The van der Waals surface area contributed by atoms with Gasteiger partial charge in [0.1, 0.15) is 0 Å². The minimum atomic E-state index is 0.103. The van der Waals surface area contributed by atoms with Crippen molar-refractivity contribution in [2.45, 2.75) is 57.0 Å². The number of hydrogen-bond acceptors (Lipinski definition) is 3. The second-order valence-corrected chi connectivity index (χ2v) is 6.33. The molecule has 3 saturated heterocycles. The monoisotopic (exact) mass is 265 g/mol. The first-order valence-electron chi connectivity index (χ1n) is 8.11. The van der Waals surface area contributed by atoms with Crippen LogP contribution in [0.2, 0.25) is 0 Å². The van der Waals surface area contributed by atoms with Crippen LogP contribution >= 0.6 is 0 Å². The maximum atomic E-state index is 12.6.